The van der Waals surface area contributed by atoms with Crippen molar-refractivity contribution < 1.29 is 19.3 Å². The smallest absolute Gasteiger partial charge is 0.161 e. The molecule has 0 spiro atoms. The van der Waals surface area contributed by atoms with E-state index in [9.17, 15) is 5.11 Å². The van der Waals surface area contributed by atoms with Crippen LogP contribution in [0.2, 0.25) is 0 Å². The van der Waals surface area contributed by atoms with Crippen LogP contribution in [0, 0.1) is 11.8 Å². The van der Waals surface area contributed by atoms with E-state index in [-0.39, 0.29) is 0 Å². The standard InChI is InChI=1S/C20H35NO4/c1-15(2)17(7-8-18(22)14-21)12-16-6-9-19(24-4)20(13-16)25-11-5-10-23-3/h6,9,13,15,17-18,22H,5,7-8,10-12,14,21H2,1-4H3. The summed E-state index contributed by atoms with van der Waals surface area (Å²) in [5, 5.41) is 9.74. The molecule has 0 fully saturated rings. The van der Waals surface area contributed by atoms with E-state index in [0.717, 1.165) is 37.2 Å². The Hall–Kier alpha value is -1.30. The van der Waals surface area contributed by atoms with Crippen molar-refractivity contribution >= 4 is 0 Å². The third-order valence-electron chi connectivity index (χ3n) is 4.56. The van der Waals surface area contributed by atoms with Gasteiger partial charge in [-0.15, -0.1) is 0 Å². The van der Waals surface area contributed by atoms with E-state index >= 15 is 0 Å². The lowest BCUT2D eigenvalue weighted by atomic mass is 9.85. The molecule has 1 rings (SSSR count). The molecule has 2 unspecified atom stereocenters. The minimum absolute atomic E-state index is 0.326. The number of methoxy groups -OCH3 is 2. The summed E-state index contributed by atoms with van der Waals surface area (Å²) >= 11 is 0. The van der Waals surface area contributed by atoms with Gasteiger partial charge in [0.05, 0.1) is 19.8 Å². The number of hydrogen-bond acceptors (Lipinski definition) is 5. The van der Waals surface area contributed by atoms with Crippen molar-refractivity contribution in [1.82, 2.24) is 0 Å². The molecule has 0 amide bonds. The minimum Gasteiger partial charge on any atom is -0.493 e. The molecule has 0 heterocycles. The van der Waals surface area contributed by atoms with Crippen LogP contribution in [0.1, 0.15) is 38.7 Å². The van der Waals surface area contributed by atoms with Crippen molar-refractivity contribution in [3.8, 4) is 11.5 Å². The number of benzene rings is 1. The maximum absolute atomic E-state index is 9.74. The van der Waals surface area contributed by atoms with E-state index in [1.54, 1.807) is 14.2 Å². The van der Waals surface area contributed by atoms with Gasteiger partial charge in [0.15, 0.2) is 11.5 Å². The summed E-state index contributed by atoms with van der Waals surface area (Å²) in [7, 11) is 3.34. The van der Waals surface area contributed by atoms with Crippen LogP contribution in [-0.2, 0) is 11.2 Å². The summed E-state index contributed by atoms with van der Waals surface area (Å²) in [5.74, 6) is 2.57. The van der Waals surface area contributed by atoms with Gasteiger partial charge in [0, 0.05) is 26.7 Å². The average Bonchev–Trinajstić information content (AvgIpc) is 2.61. The van der Waals surface area contributed by atoms with Gasteiger partial charge in [-0.1, -0.05) is 19.9 Å². The molecule has 0 aromatic heterocycles. The van der Waals surface area contributed by atoms with Gasteiger partial charge in [-0.05, 0) is 48.8 Å². The summed E-state index contributed by atoms with van der Waals surface area (Å²) < 4.78 is 16.3. The lowest BCUT2D eigenvalue weighted by Gasteiger charge is -2.23. The predicted molar refractivity (Wildman–Crippen MR) is 101 cm³/mol. The van der Waals surface area contributed by atoms with Gasteiger partial charge >= 0.3 is 0 Å². The highest BCUT2D eigenvalue weighted by Gasteiger charge is 2.17. The molecule has 0 saturated carbocycles. The van der Waals surface area contributed by atoms with Crippen molar-refractivity contribution in [2.45, 2.75) is 45.6 Å². The van der Waals surface area contributed by atoms with E-state index in [4.69, 9.17) is 19.9 Å². The molecule has 5 nitrogen and oxygen atoms in total. The van der Waals surface area contributed by atoms with Crippen LogP contribution in [0.4, 0.5) is 0 Å². The van der Waals surface area contributed by atoms with Crippen LogP contribution in [0.3, 0.4) is 0 Å². The summed E-state index contributed by atoms with van der Waals surface area (Å²) in [5.41, 5.74) is 6.74. The third kappa shape index (κ3) is 8.08. The van der Waals surface area contributed by atoms with Crippen LogP contribution in [0.25, 0.3) is 0 Å². The van der Waals surface area contributed by atoms with E-state index in [1.165, 1.54) is 5.56 Å². The van der Waals surface area contributed by atoms with Gasteiger partial charge in [0.25, 0.3) is 0 Å². The molecule has 0 saturated heterocycles. The molecular weight excluding hydrogens is 318 g/mol. The van der Waals surface area contributed by atoms with Crippen LogP contribution < -0.4 is 15.2 Å². The van der Waals surface area contributed by atoms with Gasteiger partial charge in [-0.3, -0.25) is 0 Å². The first-order valence-corrected chi connectivity index (χ1v) is 9.18. The molecule has 0 aliphatic heterocycles. The molecule has 0 radical (unpaired) electrons. The predicted octanol–water partition coefficient (Wildman–Crippen LogP) is 3.03. The normalized spacial score (nSPS) is 13.7. The molecule has 0 bridgehead atoms. The maximum Gasteiger partial charge on any atom is 0.161 e. The SMILES string of the molecule is COCCCOc1cc(CC(CCC(O)CN)C(C)C)ccc1OC. The number of aliphatic hydroxyl groups excluding tert-OH is 1. The van der Waals surface area contributed by atoms with E-state index < -0.39 is 6.10 Å². The van der Waals surface area contributed by atoms with Gasteiger partial charge in [-0.2, -0.15) is 0 Å². The lowest BCUT2D eigenvalue weighted by Crippen LogP contribution is -2.22. The second-order valence-electron chi connectivity index (χ2n) is 6.86. The summed E-state index contributed by atoms with van der Waals surface area (Å²) in [6.45, 7) is 6.06. The van der Waals surface area contributed by atoms with Crippen LogP contribution >= 0.6 is 0 Å². The zero-order chi connectivity index (χ0) is 18.7. The van der Waals surface area contributed by atoms with Crippen LogP contribution in [0.15, 0.2) is 18.2 Å². The molecule has 25 heavy (non-hydrogen) atoms. The summed E-state index contributed by atoms with van der Waals surface area (Å²) in [4.78, 5) is 0. The first-order valence-electron chi connectivity index (χ1n) is 9.18. The van der Waals surface area contributed by atoms with Crippen LogP contribution in [-0.4, -0.2) is 45.2 Å². The molecular formula is C20H35NO4. The monoisotopic (exact) mass is 353 g/mol. The fourth-order valence-electron chi connectivity index (χ4n) is 2.84. The van der Waals surface area contributed by atoms with Crippen molar-refractivity contribution in [2.24, 2.45) is 17.6 Å². The molecule has 1 aromatic carbocycles. The van der Waals surface area contributed by atoms with Crippen LogP contribution in [0.5, 0.6) is 11.5 Å². The molecule has 2 atom stereocenters. The van der Waals surface area contributed by atoms with Crippen molar-refractivity contribution in [1.29, 1.82) is 0 Å². The Kier molecular flexibility index (Phi) is 10.5. The molecule has 144 valence electrons. The highest BCUT2D eigenvalue weighted by molar-refractivity contribution is 5.43. The Labute approximate surface area is 152 Å². The fourth-order valence-corrected chi connectivity index (χ4v) is 2.84. The fraction of sp³-hybridized carbons (Fsp3) is 0.700. The molecule has 0 aliphatic carbocycles. The molecule has 5 heteroatoms. The van der Waals surface area contributed by atoms with Gasteiger partial charge in [0.1, 0.15) is 0 Å². The largest absolute Gasteiger partial charge is 0.493 e. The summed E-state index contributed by atoms with van der Waals surface area (Å²) in [6.07, 6.45) is 3.10. The Morgan fingerprint density at radius 1 is 1.08 bits per heavy atom. The maximum atomic E-state index is 9.74. The number of nitrogens with two attached hydrogens (primary N) is 1. The summed E-state index contributed by atoms with van der Waals surface area (Å²) in [6, 6.07) is 6.13. The Morgan fingerprint density at radius 2 is 1.84 bits per heavy atom. The number of ether oxygens (including phenoxy) is 3. The first kappa shape index (κ1) is 21.7. The quantitative estimate of drug-likeness (QED) is 0.533. The average molecular weight is 354 g/mol. The number of hydrogen-bond donors (Lipinski definition) is 2. The number of aliphatic hydroxyl groups is 1. The second kappa shape index (κ2) is 12.1. The Balaban J connectivity index is 2.74. The van der Waals surface area contributed by atoms with Crippen molar-refractivity contribution in [3.05, 3.63) is 23.8 Å². The zero-order valence-corrected chi connectivity index (χ0v) is 16.2. The first-order chi connectivity index (χ1) is 12.0. The highest BCUT2D eigenvalue weighted by Crippen LogP contribution is 2.31. The number of rotatable bonds is 13. The van der Waals surface area contributed by atoms with E-state index in [1.807, 2.05) is 6.07 Å². The molecule has 3 N–H and O–H groups in total. The Bertz CT molecular complexity index is 479. The minimum atomic E-state index is -0.406. The molecule has 1 aromatic rings. The van der Waals surface area contributed by atoms with Gasteiger partial charge < -0.3 is 25.1 Å². The van der Waals surface area contributed by atoms with E-state index in [0.29, 0.717) is 31.6 Å². The zero-order valence-electron chi connectivity index (χ0n) is 16.2. The van der Waals surface area contributed by atoms with Crippen molar-refractivity contribution in [2.75, 3.05) is 34.0 Å². The second-order valence-corrected chi connectivity index (χ2v) is 6.86. The van der Waals surface area contributed by atoms with E-state index in [2.05, 4.69) is 26.0 Å². The molecule has 0 aliphatic rings. The van der Waals surface area contributed by atoms with Crippen molar-refractivity contribution in [3.63, 3.8) is 0 Å². The van der Waals surface area contributed by atoms with Gasteiger partial charge in [-0.25, -0.2) is 0 Å². The van der Waals surface area contributed by atoms with Gasteiger partial charge in [0.2, 0.25) is 0 Å². The Morgan fingerprint density at radius 3 is 2.44 bits per heavy atom. The third-order valence-corrected chi connectivity index (χ3v) is 4.56. The highest BCUT2D eigenvalue weighted by atomic mass is 16.5. The topological polar surface area (TPSA) is 73.9 Å². The lowest BCUT2D eigenvalue weighted by molar-refractivity contribution is 0.156.